The van der Waals surface area contributed by atoms with Gasteiger partial charge >= 0.3 is 12.1 Å². The molecule has 0 aliphatic carbocycles. The van der Waals surface area contributed by atoms with Crippen molar-refractivity contribution >= 4 is 5.97 Å². The normalized spacial score (nSPS) is 11.4. The van der Waals surface area contributed by atoms with E-state index in [9.17, 15) is 18.0 Å². The van der Waals surface area contributed by atoms with Crippen LogP contribution in [0.3, 0.4) is 0 Å². The van der Waals surface area contributed by atoms with Crippen LogP contribution in [-0.2, 0) is 6.18 Å². The largest absolute Gasteiger partial charge is 0.433 e. The summed E-state index contributed by atoms with van der Waals surface area (Å²) in [4.78, 5) is 15.3. The maximum absolute atomic E-state index is 12.4. The molecule has 0 amide bonds. The zero-order chi connectivity index (χ0) is 16.5. The molecule has 0 atom stereocenters. The summed E-state index contributed by atoms with van der Waals surface area (Å²) in [5.74, 6) is -0.317. The number of pyridine rings is 1. The van der Waals surface area contributed by atoms with Crippen molar-refractivity contribution in [1.82, 2.24) is 4.98 Å². The van der Waals surface area contributed by atoms with Crippen LogP contribution >= 0.6 is 0 Å². The van der Waals surface area contributed by atoms with Crippen LogP contribution in [0.25, 0.3) is 0 Å². The van der Waals surface area contributed by atoms with Gasteiger partial charge in [-0.2, -0.15) is 13.2 Å². The summed E-state index contributed by atoms with van der Waals surface area (Å²) in [6.07, 6.45) is -3.67. The van der Waals surface area contributed by atoms with Crippen LogP contribution in [0.1, 0.15) is 32.7 Å². The minimum atomic E-state index is -4.54. The predicted molar refractivity (Wildman–Crippen MR) is 74.9 cm³/mol. The molecule has 0 spiro atoms. The molecular formula is C16H14F3NO2. The van der Waals surface area contributed by atoms with E-state index in [0.29, 0.717) is 5.75 Å². The van der Waals surface area contributed by atoms with Gasteiger partial charge in [0, 0.05) is 6.20 Å². The van der Waals surface area contributed by atoms with Crippen molar-refractivity contribution < 1.29 is 22.7 Å². The zero-order valence-electron chi connectivity index (χ0n) is 12.3. The lowest BCUT2D eigenvalue weighted by molar-refractivity contribution is -0.141. The molecule has 0 saturated carbocycles. The molecule has 1 aromatic heterocycles. The fraction of sp³-hybridized carbons (Fsp3) is 0.250. The Morgan fingerprint density at radius 2 is 1.68 bits per heavy atom. The minimum Gasteiger partial charge on any atom is -0.422 e. The van der Waals surface area contributed by atoms with Crippen LogP contribution in [0, 0.1) is 20.8 Å². The van der Waals surface area contributed by atoms with Gasteiger partial charge in [0.05, 0.1) is 5.56 Å². The number of esters is 1. The Kier molecular flexibility index (Phi) is 4.21. The highest BCUT2D eigenvalue weighted by molar-refractivity contribution is 5.91. The van der Waals surface area contributed by atoms with Gasteiger partial charge < -0.3 is 4.74 Å². The van der Waals surface area contributed by atoms with Crippen LogP contribution in [0.2, 0.25) is 0 Å². The molecule has 0 N–H and O–H groups in total. The average Bonchev–Trinajstić information content (AvgIpc) is 2.46. The number of alkyl halides is 3. The quantitative estimate of drug-likeness (QED) is 0.615. The van der Waals surface area contributed by atoms with E-state index in [1.54, 1.807) is 6.92 Å². The third-order valence-corrected chi connectivity index (χ3v) is 3.36. The Bertz CT molecular complexity index is 707. The zero-order valence-corrected chi connectivity index (χ0v) is 12.3. The Balaban J connectivity index is 2.25. The second-order valence-electron chi connectivity index (χ2n) is 4.97. The van der Waals surface area contributed by atoms with E-state index in [0.717, 1.165) is 35.0 Å². The minimum absolute atomic E-state index is 0.0340. The van der Waals surface area contributed by atoms with E-state index in [4.69, 9.17) is 4.74 Å². The monoisotopic (exact) mass is 309 g/mol. The fourth-order valence-corrected chi connectivity index (χ4v) is 1.92. The highest BCUT2D eigenvalue weighted by Gasteiger charge is 2.32. The van der Waals surface area contributed by atoms with Crippen LogP contribution < -0.4 is 4.74 Å². The molecule has 0 unspecified atom stereocenters. The lowest BCUT2D eigenvalue weighted by atomic mass is 10.1. The van der Waals surface area contributed by atoms with Gasteiger partial charge in [0.1, 0.15) is 11.4 Å². The number of carbonyl (C=O) groups is 1. The van der Waals surface area contributed by atoms with Crippen molar-refractivity contribution in [2.24, 2.45) is 0 Å². The van der Waals surface area contributed by atoms with Gasteiger partial charge in [-0.25, -0.2) is 4.79 Å². The first kappa shape index (κ1) is 16.0. The maximum atomic E-state index is 12.4. The van der Waals surface area contributed by atoms with Gasteiger partial charge in [-0.05, 0) is 49.6 Å². The van der Waals surface area contributed by atoms with E-state index in [-0.39, 0.29) is 5.56 Å². The number of rotatable bonds is 2. The lowest BCUT2D eigenvalue weighted by Crippen LogP contribution is -2.13. The Morgan fingerprint density at radius 1 is 1.05 bits per heavy atom. The van der Waals surface area contributed by atoms with Gasteiger partial charge in [0.25, 0.3) is 0 Å². The summed E-state index contributed by atoms with van der Waals surface area (Å²) < 4.78 is 42.6. The van der Waals surface area contributed by atoms with Gasteiger partial charge in [0.15, 0.2) is 0 Å². The SMILES string of the molecule is Cc1ccc(C)c(OC(=O)c2ccc(C(F)(F)F)nc2)c1C. The highest BCUT2D eigenvalue weighted by Crippen LogP contribution is 2.28. The van der Waals surface area contributed by atoms with E-state index >= 15 is 0 Å². The number of nitrogens with zero attached hydrogens (tertiary/aromatic N) is 1. The van der Waals surface area contributed by atoms with Crippen LogP contribution in [0.15, 0.2) is 30.5 Å². The van der Waals surface area contributed by atoms with E-state index in [2.05, 4.69) is 4.98 Å². The van der Waals surface area contributed by atoms with Gasteiger partial charge in [-0.1, -0.05) is 12.1 Å². The number of hydrogen-bond donors (Lipinski definition) is 0. The number of hydrogen-bond acceptors (Lipinski definition) is 3. The molecule has 0 saturated heterocycles. The molecule has 6 heteroatoms. The molecule has 0 fully saturated rings. The van der Waals surface area contributed by atoms with Crippen LogP contribution in [0.5, 0.6) is 5.75 Å². The number of ether oxygens (including phenoxy) is 1. The van der Waals surface area contributed by atoms with Crippen molar-refractivity contribution in [3.63, 3.8) is 0 Å². The third kappa shape index (κ3) is 3.27. The molecule has 1 heterocycles. The molecular weight excluding hydrogens is 295 g/mol. The topological polar surface area (TPSA) is 39.2 Å². The van der Waals surface area contributed by atoms with E-state index in [1.807, 2.05) is 26.0 Å². The number of aryl methyl sites for hydroxylation is 2. The summed E-state index contributed by atoms with van der Waals surface area (Å²) in [6.45, 7) is 5.49. The van der Waals surface area contributed by atoms with Crippen LogP contribution in [-0.4, -0.2) is 11.0 Å². The highest BCUT2D eigenvalue weighted by atomic mass is 19.4. The van der Waals surface area contributed by atoms with Crippen molar-refractivity contribution in [3.8, 4) is 5.75 Å². The average molecular weight is 309 g/mol. The van der Waals surface area contributed by atoms with E-state index < -0.39 is 17.8 Å². The molecule has 0 aliphatic rings. The summed E-state index contributed by atoms with van der Waals surface area (Å²) in [5, 5.41) is 0. The number of halogens is 3. The first-order valence-corrected chi connectivity index (χ1v) is 6.52. The molecule has 116 valence electrons. The number of benzene rings is 1. The third-order valence-electron chi connectivity index (χ3n) is 3.36. The van der Waals surface area contributed by atoms with Gasteiger partial charge in [-0.15, -0.1) is 0 Å². The molecule has 1 aromatic carbocycles. The molecule has 0 radical (unpaired) electrons. The van der Waals surface area contributed by atoms with Crippen molar-refractivity contribution in [2.75, 3.05) is 0 Å². The van der Waals surface area contributed by atoms with E-state index in [1.165, 1.54) is 0 Å². The predicted octanol–water partition coefficient (Wildman–Crippen LogP) is 4.24. The Morgan fingerprint density at radius 3 is 2.23 bits per heavy atom. The second-order valence-corrected chi connectivity index (χ2v) is 4.97. The molecule has 22 heavy (non-hydrogen) atoms. The number of aromatic nitrogens is 1. The molecule has 0 bridgehead atoms. The van der Waals surface area contributed by atoms with Crippen molar-refractivity contribution in [3.05, 3.63) is 58.4 Å². The molecule has 3 nitrogen and oxygen atoms in total. The molecule has 2 rings (SSSR count). The first-order chi connectivity index (χ1) is 10.2. The van der Waals surface area contributed by atoms with Crippen LogP contribution in [0.4, 0.5) is 13.2 Å². The van der Waals surface area contributed by atoms with Gasteiger partial charge in [-0.3, -0.25) is 4.98 Å². The molecule has 2 aromatic rings. The van der Waals surface area contributed by atoms with Crippen molar-refractivity contribution in [1.29, 1.82) is 0 Å². The van der Waals surface area contributed by atoms with Crippen molar-refractivity contribution in [2.45, 2.75) is 26.9 Å². The summed E-state index contributed by atoms with van der Waals surface area (Å²) >= 11 is 0. The maximum Gasteiger partial charge on any atom is 0.433 e. The number of carbonyl (C=O) groups excluding carboxylic acids is 1. The lowest BCUT2D eigenvalue weighted by Gasteiger charge is -2.12. The standard InChI is InChI=1S/C16H14F3NO2/c1-9-4-5-10(2)14(11(9)3)22-15(21)12-6-7-13(20-8-12)16(17,18)19/h4-8H,1-3H3. The summed E-state index contributed by atoms with van der Waals surface area (Å²) in [6, 6.07) is 5.53. The van der Waals surface area contributed by atoms with Gasteiger partial charge in [0.2, 0.25) is 0 Å². The first-order valence-electron chi connectivity index (χ1n) is 6.52. The fourth-order valence-electron chi connectivity index (χ4n) is 1.92. The smallest absolute Gasteiger partial charge is 0.422 e. The Labute approximate surface area is 125 Å². The Hall–Kier alpha value is -2.37. The summed E-state index contributed by atoms with van der Waals surface area (Å²) in [7, 11) is 0. The molecule has 0 aliphatic heterocycles. The summed E-state index contributed by atoms with van der Waals surface area (Å²) in [5.41, 5.74) is 1.46. The second kappa shape index (κ2) is 5.79.